The predicted octanol–water partition coefficient (Wildman–Crippen LogP) is -5.74. The monoisotopic (exact) mass is 1370 g/mol. The Morgan fingerprint density at radius 2 is 0.976 bits per heavy atom. The zero-order chi connectivity index (χ0) is 30.9. The minimum atomic E-state index is -3.10. The molecule has 0 unspecified atom stereocenters. The summed E-state index contributed by atoms with van der Waals surface area (Å²) in [7, 11) is -12.1. The molecule has 260 valence electrons. The van der Waals surface area contributed by atoms with Crippen LogP contribution < -0.4 is 37.5 Å². The Labute approximate surface area is 319 Å². The molecule has 4 aliphatic heterocycles. The van der Waals surface area contributed by atoms with Crippen molar-refractivity contribution in [2.45, 2.75) is 0 Å². The maximum Gasteiger partial charge on any atom is 0.213 e. The summed E-state index contributed by atoms with van der Waals surface area (Å²) in [5.41, 5.74) is 0. The number of nitrogens with zero attached hydrogens (tertiary/aromatic N) is 3. The largest absolute Gasteiger partial charge is 0.412 e. The van der Waals surface area contributed by atoms with Crippen molar-refractivity contribution in [3.8, 4) is 0 Å². The van der Waals surface area contributed by atoms with Gasteiger partial charge in [-0.2, -0.15) is 0 Å². The Bertz CT molecular complexity index is 1040. The maximum atomic E-state index is 11.1. The molecule has 4 fully saturated rings. The molecule has 0 aromatic rings. The molecule has 4 aliphatic rings. The quantitative estimate of drug-likeness (QED) is 0.144. The van der Waals surface area contributed by atoms with Crippen molar-refractivity contribution in [1.29, 1.82) is 0 Å². The Kier molecular flexibility index (Phi) is 31.8. The van der Waals surface area contributed by atoms with Crippen LogP contribution in [0.1, 0.15) is 0 Å². The summed E-state index contributed by atoms with van der Waals surface area (Å²) in [6.07, 6.45) is 0. The van der Waals surface area contributed by atoms with E-state index in [1.807, 2.05) is 9.80 Å². The summed E-state index contributed by atoms with van der Waals surface area (Å²) in [5, 5.41) is 11.4. The number of aliphatic hydroxyl groups excluding tert-OH is 1. The van der Waals surface area contributed by atoms with Crippen LogP contribution in [0.2, 0.25) is 0 Å². The minimum absolute atomic E-state index is 0. The van der Waals surface area contributed by atoms with Crippen molar-refractivity contribution < 1.29 is 57.5 Å². The van der Waals surface area contributed by atoms with Gasteiger partial charge in [0.05, 0.1) is 63.1 Å². The van der Waals surface area contributed by atoms with Crippen molar-refractivity contribution in [1.82, 2.24) is 38.9 Å². The first kappa shape index (κ1) is 50.2. The zero-order valence-corrected chi connectivity index (χ0v) is 38.3. The van der Waals surface area contributed by atoms with Gasteiger partial charge in [-0.05, 0) is 0 Å². The molecule has 0 bridgehead atoms. The van der Waals surface area contributed by atoms with Gasteiger partial charge in [0.15, 0.2) is 0 Å². The van der Waals surface area contributed by atoms with Gasteiger partial charge >= 0.3 is 50.5 Å². The van der Waals surface area contributed by atoms with Gasteiger partial charge in [-0.3, -0.25) is 14.7 Å². The normalized spacial score (nSPS) is 24.4. The molecule has 0 saturated carbocycles. The second kappa shape index (κ2) is 26.6. The number of hydrogen-bond donors (Lipinski definition) is 6. The second-order valence-corrected chi connectivity index (χ2v) is 32.0. The fraction of sp³-hybridized carbons (Fsp3) is 1.00. The molecule has 4 saturated heterocycles. The van der Waals surface area contributed by atoms with Crippen LogP contribution in [-0.4, -0.2) is 148 Å². The molecule has 8 N–H and O–H groups in total. The van der Waals surface area contributed by atoms with Gasteiger partial charge in [0.25, 0.3) is 0 Å². The van der Waals surface area contributed by atoms with Crippen LogP contribution in [0, 0.1) is 0 Å². The van der Waals surface area contributed by atoms with Gasteiger partial charge in [0, 0.05) is 63.4 Å². The summed E-state index contributed by atoms with van der Waals surface area (Å²) in [6.45, 7) is 3.55. The van der Waals surface area contributed by atoms with Crippen LogP contribution in [0.25, 0.3) is 0 Å². The van der Waals surface area contributed by atoms with Gasteiger partial charge in [-0.25, -0.2) is 52.6 Å². The third-order valence-electron chi connectivity index (χ3n) is 5.12. The fourth-order valence-corrected chi connectivity index (χ4v) is 6.89. The van der Waals surface area contributed by atoms with Crippen LogP contribution in [-0.2, 0) is 40.1 Å². The van der Waals surface area contributed by atoms with Gasteiger partial charge < -0.3 is 15.9 Å². The molecule has 0 atom stereocenters. The molecule has 0 spiro atoms. The minimum Gasteiger partial charge on any atom is -0.412 e. The topological polar surface area (TPSA) is 258 Å². The first-order valence-electron chi connectivity index (χ1n) is 11.0. The number of sulfonamides is 4. The smallest absolute Gasteiger partial charge is 0.213 e. The summed E-state index contributed by atoms with van der Waals surface area (Å²) in [5.74, 6) is 0.458. The Balaban J connectivity index is -0.000000524. The van der Waals surface area contributed by atoms with Gasteiger partial charge in [-0.1, -0.05) is 0 Å². The van der Waals surface area contributed by atoms with Crippen LogP contribution in [0.3, 0.4) is 0 Å². The molecular formula is C14H37I6N8O10S4-. The Morgan fingerprint density at radius 1 is 0.643 bits per heavy atom. The van der Waals surface area contributed by atoms with E-state index in [9.17, 15) is 33.7 Å². The van der Waals surface area contributed by atoms with Crippen molar-refractivity contribution in [2.75, 3.05) is 89.3 Å². The number of aliphatic hydroxyl groups is 1. The summed E-state index contributed by atoms with van der Waals surface area (Å²) < 4.78 is 96.4. The number of hydrogen-bond acceptors (Lipinski definition) is 13. The second-order valence-electron chi connectivity index (χ2n) is 8.02. The fourth-order valence-electron chi connectivity index (χ4n) is 2.94. The van der Waals surface area contributed by atoms with Crippen LogP contribution in [0.5, 0.6) is 0 Å². The predicted molar refractivity (Wildman–Crippen MR) is 202 cm³/mol. The van der Waals surface area contributed by atoms with Crippen molar-refractivity contribution >= 4 is 139 Å². The van der Waals surface area contributed by atoms with E-state index in [2.05, 4.69) is 98.7 Å². The third kappa shape index (κ3) is 25.8. The van der Waals surface area contributed by atoms with Crippen molar-refractivity contribution in [2.24, 2.45) is 0 Å². The van der Waals surface area contributed by atoms with E-state index >= 15 is 0 Å². The number of nitrogens with one attached hydrogen (secondary N) is 5. The SMILES string of the molecule is I.II.I[I-]I.O.O=S1(=O)CCN(CN2CCS(=O)(=O)NC2)CN1.O=S1(=O)CCN(CO)CN1.O=S1(=O)CCNCN1. The van der Waals surface area contributed by atoms with E-state index in [4.69, 9.17) is 5.11 Å². The summed E-state index contributed by atoms with van der Waals surface area (Å²) in [6, 6.07) is 0. The average Bonchev–Trinajstić information content (AvgIpc) is 2.89. The molecule has 4 rings (SSSR count). The van der Waals surface area contributed by atoms with Crippen molar-refractivity contribution in [3.05, 3.63) is 0 Å². The van der Waals surface area contributed by atoms with E-state index in [0.717, 1.165) is 0 Å². The standard InChI is InChI=1S/C7H16N4O4S2.C4H10N2O3S.C3H8N2O2S.I3.I2.HI.H2O/c12-16(13)3-1-10(5-8-16)7-11-2-4-17(14,15)9-6-11;7-4-6-1-2-10(8,9)5-3-6;6-8(7)2-1-4-3-5-8;1-3-2;1-2;;/h8-9H,1-7H2;5,7H,1-4H2;4-5H,1-3H2;;;1H;1H2/q;;;-1;;;. The van der Waals surface area contributed by atoms with Crippen LogP contribution >= 0.6 is 98.4 Å². The number of halogens is 6. The average molecular weight is 1370 g/mol. The van der Waals surface area contributed by atoms with E-state index < -0.39 is 40.1 Å². The van der Waals surface area contributed by atoms with Gasteiger partial charge in [0.2, 0.25) is 40.1 Å². The molecule has 4 heterocycles. The molecule has 0 aliphatic carbocycles. The van der Waals surface area contributed by atoms with Gasteiger partial charge in [0.1, 0.15) is 0 Å². The van der Waals surface area contributed by atoms with Crippen LogP contribution in [0.15, 0.2) is 0 Å². The maximum absolute atomic E-state index is 11.1. The van der Waals surface area contributed by atoms with E-state index in [1.54, 1.807) is 4.90 Å². The summed E-state index contributed by atoms with van der Waals surface area (Å²) >= 11 is 9.54. The van der Waals surface area contributed by atoms with E-state index in [-0.39, 0.29) is 79.2 Å². The Morgan fingerprint density at radius 3 is 1.19 bits per heavy atom. The number of rotatable bonds is 3. The molecule has 0 amide bonds. The van der Waals surface area contributed by atoms with Gasteiger partial charge in [-0.15, -0.1) is 24.0 Å². The van der Waals surface area contributed by atoms with E-state index in [0.29, 0.717) is 52.8 Å². The molecule has 18 nitrogen and oxygen atoms in total. The summed E-state index contributed by atoms with van der Waals surface area (Å²) in [4.78, 5) is 5.46. The first-order chi connectivity index (χ1) is 18.6. The molecular weight excluding hydrogens is 1330 g/mol. The molecule has 0 aromatic heterocycles. The molecule has 0 aromatic carbocycles. The first-order valence-corrected chi connectivity index (χ1v) is 36.5. The zero-order valence-electron chi connectivity index (χ0n) is 21.9. The third-order valence-corrected chi connectivity index (χ3v) is 10.3. The Hall–Kier alpha value is 3.78. The van der Waals surface area contributed by atoms with Crippen molar-refractivity contribution in [3.63, 3.8) is 0 Å². The van der Waals surface area contributed by atoms with E-state index in [1.165, 1.54) is 0 Å². The molecule has 42 heavy (non-hydrogen) atoms. The van der Waals surface area contributed by atoms with Crippen LogP contribution in [0.4, 0.5) is 0 Å². The molecule has 0 radical (unpaired) electrons. The molecule has 28 heteroatoms.